The lowest BCUT2D eigenvalue weighted by molar-refractivity contribution is -0.171. The first-order valence-corrected chi connectivity index (χ1v) is 11.0. The summed E-state index contributed by atoms with van der Waals surface area (Å²) >= 11 is 6.78. The molecule has 1 N–H and O–H groups in total. The molecule has 0 saturated heterocycles. The summed E-state index contributed by atoms with van der Waals surface area (Å²) in [6.07, 6.45) is 5.08. The molecule has 2 unspecified atom stereocenters. The van der Waals surface area contributed by atoms with Crippen LogP contribution < -0.4 is 5.32 Å². The van der Waals surface area contributed by atoms with Gasteiger partial charge in [-0.3, -0.25) is 9.59 Å². The highest BCUT2D eigenvalue weighted by molar-refractivity contribution is 6.24. The van der Waals surface area contributed by atoms with Crippen LogP contribution in [0.1, 0.15) is 59.2 Å². The Hall–Kier alpha value is -2.61. The van der Waals surface area contributed by atoms with Crippen LogP contribution in [0, 0.1) is 17.3 Å². The number of carbonyl (C=O) groups is 4. The fourth-order valence-electron chi connectivity index (χ4n) is 6.04. The molecular weight excluding hydrogens is 438 g/mol. The zero-order valence-electron chi connectivity index (χ0n) is 18.1. The number of benzene rings is 1. The molecule has 4 bridgehead atoms. The Kier molecular flexibility index (Phi) is 5.92. The second kappa shape index (κ2) is 8.39. The number of anilines is 1. The number of esters is 3. The Morgan fingerprint density at radius 3 is 2.28 bits per heavy atom. The third kappa shape index (κ3) is 4.20. The van der Waals surface area contributed by atoms with Crippen molar-refractivity contribution in [3.05, 3.63) is 29.3 Å². The van der Waals surface area contributed by atoms with Gasteiger partial charge >= 0.3 is 17.9 Å². The largest absolute Gasteiger partial charge is 0.465 e. The SMILES string of the molecule is COC(=O)c1ccc(C(=O)OC)c(NC(=O)COC(=O)C23CC4CC(CC(Cl)(C4)C2)C3)c1. The van der Waals surface area contributed by atoms with Gasteiger partial charge in [-0.25, -0.2) is 9.59 Å². The number of amides is 1. The first-order valence-electron chi connectivity index (χ1n) is 10.6. The molecule has 0 aliphatic heterocycles. The summed E-state index contributed by atoms with van der Waals surface area (Å²) < 4.78 is 14.8. The van der Waals surface area contributed by atoms with Crippen molar-refractivity contribution in [3.63, 3.8) is 0 Å². The molecule has 1 amide bonds. The van der Waals surface area contributed by atoms with Crippen molar-refractivity contribution < 1.29 is 33.4 Å². The standard InChI is InChI=1S/C23H26ClNO7/c1-30-19(27)15-3-4-16(20(28)31-2)17(6-15)25-18(26)11-32-21(29)22-7-13-5-14(8-22)10-23(24,9-13)12-22/h3-4,6,13-14H,5,7-12H2,1-2H3,(H,25,26). The Morgan fingerprint density at radius 1 is 1.03 bits per heavy atom. The molecule has 1 aromatic rings. The third-order valence-corrected chi connectivity index (χ3v) is 7.32. The van der Waals surface area contributed by atoms with Crippen LogP contribution in [0.5, 0.6) is 0 Å². The summed E-state index contributed by atoms with van der Waals surface area (Å²) in [5.41, 5.74) is -0.345. The van der Waals surface area contributed by atoms with E-state index in [2.05, 4.69) is 10.1 Å². The van der Waals surface area contributed by atoms with Crippen LogP contribution in [-0.2, 0) is 23.8 Å². The van der Waals surface area contributed by atoms with E-state index in [1.807, 2.05) is 0 Å². The van der Waals surface area contributed by atoms with Gasteiger partial charge in [-0.2, -0.15) is 0 Å². The fraction of sp³-hybridized carbons (Fsp3) is 0.565. The number of alkyl halides is 1. The molecule has 1 aromatic carbocycles. The summed E-state index contributed by atoms with van der Waals surface area (Å²) in [6, 6.07) is 4.06. The van der Waals surface area contributed by atoms with E-state index >= 15 is 0 Å². The summed E-state index contributed by atoms with van der Waals surface area (Å²) in [5.74, 6) is -1.47. The molecule has 8 nitrogen and oxygen atoms in total. The van der Waals surface area contributed by atoms with Gasteiger partial charge in [0, 0.05) is 4.87 Å². The maximum atomic E-state index is 13.0. The van der Waals surface area contributed by atoms with Crippen molar-refractivity contribution in [3.8, 4) is 0 Å². The first-order chi connectivity index (χ1) is 15.2. The molecule has 4 aliphatic rings. The van der Waals surface area contributed by atoms with Gasteiger partial charge in [0.2, 0.25) is 0 Å². The maximum Gasteiger partial charge on any atom is 0.339 e. The van der Waals surface area contributed by atoms with Gasteiger partial charge in [-0.1, -0.05) is 0 Å². The Labute approximate surface area is 190 Å². The zero-order chi connectivity index (χ0) is 23.1. The fourth-order valence-corrected chi connectivity index (χ4v) is 6.73. The zero-order valence-corrected chi connectivity index (χ0v) is 18.8. The minimum atomic E-state index is -0.685. The lowest BCUT2D eigenvalue weighted by atomic mass is 9.49. The van der Waals surface area contributed by atoms with Crippen LogP contribution >= 0.6 is 11.6 Å². The highest BCUT2D eigenvalue weighted by Gasteiger charge is 2.60. The van der Waals surface area contributed by atoms with Crippen molar-refractivity contribution >= 4 is 41.1 Å². The van der Waals surface area contributed by atoms with Gasteiger partial charge in [0.15, 0.2) is 6.61 Å². The molecule has 4 aliphatic carbocycles. The Balaban J connectivity index is 1.43. The first kappa shape index (κ1) is 22.6. The molecule has 4 saturated carbocycles. The van der Waals surface area contributed by atoms with Crippen LogP contribution in [-0.4, -0.2) is 49.5 Å². The molecule has 32 heavy (non-hydrogen) atoms. The van der Waals surface area contributed by atoms with E-state index in [1.54, 1.807) is 0 Å². The van der Waals surface area contributed by atoms with Crippen molar-refractivity contribution in [1.29, 1.82) is 0 Å². The van der Waals surface area contributed by atoms with Crippen molar-refractivity contribution in [2.45, 2.75) is 43.4 Å². The molecule has 5 rings (SSSR count). The second-order valence-corrected chi connectivity index (χ2v) is 10.1. The van der Waals surface area contributed by atoms with Gasteiger partial charge in [0.05, 0.1) is 36.4 Å². The number of carbonyl (C=O) groups excluding carboxylic acids is 4. The van der Waals surface area contributed by atoms with Crippen LogP contribution in [0.25, 0.3) is 0 Å². The van der Waals surface area contributed by atoms with Crippen molar-refractivity contribution in [2.24, 2.45) is 17.3 Å². The smallest absolute Gasteiger partial charge is 0.339 e. The molecule has 0 heterocycles. The average Bonchev–Trinajstić information content (AvgIpc) is 2.74. The maximum absolute atomic E-state index is 13.0. The van der Waals surface area contributed by atoms with E-state index in [1.165, 1.54) is 32.4 Å². The van der Waals surface area contributed by atoms with Gasteiger partial charge < -0.3 is 19.5 Å². The van der Waals surface area contributed by atoms with Crippen molar-refractivity contribution in [2.75, 3.05) is 26.1 Å². The minimum Gasteiger partial charge on any atom is -0.465 e. The molecule has 2 atom stereocenters. The molecule has 0 spiro atoms. The molecule has 172 valence electrons. The van der Waals surface area contributed by atoms with Gasteiger partial charge in [0.25, 0.3) is 5.91 Å². The number of nitrogens with one attached hydrogen (secondary N) is 1. The lowest BCUT2D eigenvalue weighted by Gasteiger charge is -2.58. The molecule has 0 radical (unpaired) electrons. The summed E-state index contributed by atoms with van der Waals surface area (Å²) in [4.78, 5) is 49.1. The van der Waals surface area contributed by atoms with Gasteiger partial charge in [-0.05, 0) is 68.6 Å². The molecule has 4 fully saturated rings. The van der Waals surface area contributed by atoms with Crippen LogP contribution in [0.15, 0.2) is 18.2 Å². The number of hydrogen-bond donors (Lipinski definition) is 1. The summed E-state index contributed by atoms with van der Waals surface area (Å²) in [7, 11) is 2.43. The predicted octanol–water partition coefficient (Wildman–Crippen LogP) is 3.32. The summed E-state index contributed by atoms with van der Waals surface area (Å²) in [5, 5.41) is 2.53. The van der Waals surface area contributed by atoms with E-state index < -0.39 is 29.9 Å². The number of rotatable bonds is 6. The molecular formula is C23H26ClNO7. The van der Waals surface area contributed by atoms with E-state index in [4.69, 9.17) is 21.1 Å². The van der Waals surface area contributed by atoms with E-state index in [0.29, 0.717) is 18.3 Å². The van der Waals surface area contributed by atoms with Crippen LogP contribution in [0.4, 0.5) is 5.69 Å². The third-order valence-electron chi connectivity index (χ3n) is 6.88. The van der Waals surface area contributed by atoms with Crippen LogP contribution in [0.3, 0.4) is 0 Å². The highest BCUT2D eigenvalue weighted by atomic mass is 35.5. The van der Waals surface area contributed by atoms with Crippen LogP contribution in [0.2, 0.25) is 0 Å². The lowest BCUT2D eigenvalue weighted by Crippen LogP contribution is -2.56. The van der Waals surface area contributed by atoms with E-state index in [0.717, 1.165) is 32.1 Å². The monoisotopic (exact) mass is 463 g/mol. The number of hydrogen-bond acceptors (Lipinski definition) is 7. The quantitative estimate of drug-likeness (QED) is 0.391. The Morgan fingerprint density at radius 2 is 1.69 bits per heavy atom. The average molecular weight is 464 g/mol. The molecule has 9 heteroatoms. The number of ether oxygens (including phenoxy) is 3. The van der Waals surface area contributed by atoms with E-state index in [9.17, 15) is 19.2 Å². The second-order valence-electron chi connectivity index (χ2n) is 9.26. The topological polar surface area (TPSA) is 108 Å². The number of methoxy groups -OCH3 is 2. The predicted molar refractivity (Wildman–Crippen MR) is 114 cm³/mol. The van der Waals surface area contributed by atoms with Gasteiger partial charge in [0.1, 0.15) is 0 Å². The Bertz CT molecular complexity index is 961. The highest BCUT2D eigenvalue weighted by Crippen LogP contribution is 2.64. The van der Waals surface area contributed by atoms with Crippen molar-refractivity contribution in [1.82, 2.24) is 0 Å². The minimum absolute atomic E-state index is 0.0602. The number of halogens is 1. The van der Waals surface area contributed by atoms with E-state index in [-0.39, 0.29) is 27.7 Å². The molecule has 0 aromatic heterocycles. The summed E-state index contributed by atoms with van der Waals surface area (Å²) in [6.45, 7) is -0.506. The normalized spacial score (nSPS) is 29.8. The van der Waals surface area contributed by atoms with Gasteiger partial charge in [-0.15, -0.1) is 11.6 Å².